The fourth-order valence-corrected chi connectivity index (χ4v) is 3.88. The van der Waals surface area contributed by atoms with Gasteiger partial charge in [0.15, 0.2) is 5.82 Å². The summed E-state index contributed by atoms with van der Waals surface area (Å²) in [5, 5.41) is 12.6. The van der Waals surface area contributed by atoms with E-state index >= 15 is 0 Å². The maximum Gasteiger partial charge on any atom is 0.235 e. The van der Waals surface area contributed by atoms with Crippen molar-refractivity contribution in [2.24, 2.45) is 12.5 Å². The van der Waals surface area contributed by atoms with Crippen LogP contribution in [0, 0.1) is 12.3 Å². The number of rotatable bonds is 2. The molecule has 2 fully saturated rings. The van der Waals surface area contributed by atoms with E-state index in [0.717, 1.165) is 56.1 Å². The van der Waals surface area contributed by atoms with Crippen molar-refractivity contribution in [2.75, 3.05) is 29.4 Å². The van der Waals surface area contributed by atoms with Crippen molar-refractivity contribution in [3.05, 3.63) is 30.2 Å². The smallest absolute Gasteiger partial charge is 0.235 e. The molecule has 0 radical (unpaired) electrons. The zero-order chi connectivity index (χ0) is 16.7. The SMILES string of the molecule is Cc1ccc(N2CCC[C@@]3(CCN(c4cnn(C)c4)C3=O)C2)nn1. The van der Waals surface area contributed by atoms with Crippen LogP contribution in [-0.4, -0.2) is 45.5 Å². The minimum atomic E-state index is -0.305. The lowest BCUT2D eigenvalue weighted by Gasteiger charge is -2.39. The van der Waals surface area contributed by atoms with Crippen LogP contribution in [0.1, 0.15) is 25.0 Å². The van der Waals surface area contributed by atoms with Crippen molar-refractivity contribution < 1.29 is 4.79 Å². The molecule has 2 aromatic rings. The number of carbonyl (C=O) groups is 1. The number of carbonyl (C=O) groups excluding carboxylic acids is 1. The van der Waals surface area contributed by atoms with Gasteiger partial charge in [-0.3, -0.25) is 9.48 Å². The third kappa shape index (κ3) is 2.44. The predicted octanol–water partition coefficient (Wildman–Crippen LogP) is 1.54. The second-order valence-corrected chi connectivity index (χ2v) is 6.92. The Morgan fingerprint density at radius 1 is 1.17 bits per heavy atom. The molecule has 2 aromatic heterocycles. The number of aryl methyl sites for hydroxylation is 2. The van der Waals surface area contributed by atoms with Gasteiger partial charge in [-0.05, 0) is 38.3 Å². The number of piperidine rings is 1. The number of aromatic nitrogens is 4. The van der Waals surface area contributed by atoms with Crippen LogP contribution in [0.2, 0.25) is 0 Å². The third-order valence-electron chi connectivity index (χ3n) is 5.20. The highest BCUT2D eigenvalue weighted by Gasteiger charge is 2.49. The highest BCUT2D eigenvalue weighted by Crippen LogP contribution is 2.42. The number of hydrogen-bond acceptors (Lipinski definition) is 5. The van der Waals surface area contributed by atoms with Crippen LogP contribution in [0.5, 0.6) is 0 Å². The molecular weight excluding hydrogens is 304 g/mol. The fourth-order valence-electron chi connectivity index (χ4n) is 3.88. The van der Waals surface area contributed by atoms with Gasteiger partial charge in [0, 0.05) is 32.9 Å². The standard InChI is InChI=1S/C17H22N6O/c1-13-4-5-15(20-19-13)22-8-3-6-17(12-22)7-9-23(16(17)24)14-10-18-21(2)11-14/h4-5,10-11H,3,6-9,12H2,1-2H3/t17-/m1/s1. The molecule has 0 aromatic carbocycles. The summed E-state index contributed by atoms with van der Waals surface area (Å²) in [4.78, 5) is 17.2. The lowest BCUT2D eigenvalue weighted by atomic mass is 9.78. The van der Waals surface area contributed by atoms with E-state index in [-0.39, 0.29) is 11.3 Å². The van der Waals surface area contributed by atoms with E-state index in [0.29, 0.717) is 0 Å². The van der Waals surface area contributed by atoms with E-state index < -0.39 is 0 Å². The highest BCUT2D eigenvalue weighted by atomic mass is 16.2. The molecule has 2 aliphatic rings. The molecule has 0 aliphatic carbocycles. The first kappa shape index (κ1) is 15.1. The third-order valence-corrected chi connectivity index (χ3v) is 5.20. The highest BCUT2D eigenvalue weighted by molar-refractivity contribution is 6.00. The summed E-state index contributed by atoms with van der Waals surface area (Å²) in [6.45, 7) is 4.35. The van der Waals surface area contributed by atoms with Crippen LogP contribution in [0.4, 0.5) is 11.5 Å². The van der Waals surface area contributed by atoms with Gasteiger partial charge in [-0.25, -0.2) is 0 Å². The lowest BCUT2D eigenvalue weighted by Crippen LogP contribution is -2.48. The van der Waals surface area contributed by atoms with E-state index in [1.165, 1.54) is 0 Å². The Hall–Kier alpha value is -2.44. The van der Waals surface area contributed by atoms with Crippen LogP contribution >= 0.6 is 0 Å². The molecule has 2 saturated heterocycles. The van der Waals surface area contributed by atoms with Gasteiger partial charge in [-0.2, -0.15) is 10.2 Å². The molecular formula is C17H22N6O. The Balaban J connectivity index is 1.56. The molecule has 1 amide bonds. The average molecular weight is 326 g/mol. The monoisotopic (exact) mass is 326 g/mol. The van der Waals surface area contributed by atoms with Crippen LogP contribution in [-0.2, 0) is 11.8 Å². The number of nitrogens with zero attached hydrogens (tertiary/aromatic N) is 6. The van der Waals surface area contributed by atoms with Gasteiger partial charge in [0.05, 0.1) is 23.0 Å². The van der Waals surface area contributed by atoms with E-state index in [4.69, 9.17) is 0 Å². The van der Waals surface area contributed by atoms with Crippen molar-refractivity contribution in [2.45, 2.75) is 26.2 Å². The summed E-state index contributed by atoms with van der Waals surface area (Å²) in [7, 11) is 1.87. The van der Waals surface area contributed by atoms with Crippen LogP contribution in [0.25, 0.3) is 0 Å². The fraction of sp³-hybridized carbons (Fsp3) is 0.529. The Labute approximate surface area is 141 Å². The van der Waals surface area contributed by atoms with Crippen molar-refractivity contribution in [1.82, 2.24) is 20.0 Å². The van der Waals surface area contributed by atoms with Gasteiger partial charge in [0.25, 0.3) is 0 Å². The lowest BCUT2D eigenvalue weighted by molar-refractivity contribution is -0.126. The Morgan fingerprint density at radius 3 is 2.75 bits per heavy atom. The minimum Gasteiger partial charge on any atom is -0.354 e. The van der Waals surface area contributed by atoms with Gasteiger partial charge < -0.3 is 9.80 Å². The summed E-state index contributed by atoms with van der Waals surface area (Å²) in [6, 6.07) is 3.97. The van der Waals surface area contributed by atoms with Gasteiger partial charge in [-0.15, -0.1) is 5.10 Å². The Bertz CT molecular complexity index is 755. The summed E-state index contributed by atoms with van der Waals surface area (Å²) >= 11 is 0. The molecule has 0 N–H and O–H groups in total. The molecule has 24 heavy (non-hydrogen) atoms. The van der Waals surface area contributed by atoms with Crippen LogP contribution in [0.3, 0.4) is 0 Å². The van der Waals surface area contributed by atoms with Crippen molar-refractivity contribution in [3.8, 4) is 0 Å². The maximum atomic E-state index is 13.1. The van der Waals surface area contributed by atoms with Crippen LogP contribution in [0.15, 0.2) is 24.5 Å². The maximum absolute atomic E-state index is 13.1. The van der Waals surface area contributed by atoms with Gasteiger partial charge in [0.2, 0.25) is 5.91 Å². The average Bonchev–Trinajstić information content (AvgIpc) is 3.13. The number of amides is 1. The van der Waals surface area contributed by atoms with Crippen molar-refractivity contribution in [3.63, 3.8) is 0 Å². The van der Waals surface area contributed by atoms with Gasteiger partial charge in [-0.1, -0.05) is 0 Å². The first-order valence-corrected chi connectivity index (χ1v) is 8.43. The quantitative estimate of drug-likeness (QED) is 0.837. The molecule has 2 aliphatic heterocycles. The largest absolute Gasteiger partial charge is 0.354 e. The van der Waals surface area contributed by atoms with Gasteiger partial charge >= 0.3 is 0 Å². The Kier molecular flexibility index (Phi) is 3.51. The zero-order valence-corrected chi connectivity index (χ0v) is 14.1. The first-order chi connectivity index (χ1) is 11.6. The summed E-state index contributed by atoms with van der Waals surface area (Å²) < 4.78 is 1.74. The molecule has 0 bridgehead atoms. The van der Waals surface area contributed by atoms with E-state index in [9.17, 15) is 4.79 Å². The van der Waals surface area contributed by atoms with Gasteiger partial charge in [0.1, 0.15) is 0 Å². The van der Waals surface area contributed by atoms with E-state index in [1.807, 2.05) is 37.2 Å². The summed E-state index contributed by atoms with van der Waals surface area (Å²) in [5.74, 6) is 1.09. The second-order valence-electron chi connectivity index (χ2n) is 6.92. The van der Waals surface area contributed by atoms with Crippen molar-refractivity contribution >= 4 is 17.4 Å². The zero-order valence-electron chi connectivity index (χ0n) is 14.1. The molecule has 7 nitrogen and oxygen atoms in total. The Morgan fingerprint density at radius 2 is 2.04 bits per heavy atom. The van der Waals surface area contributed by atoms with Crippen LogP contribution < -0.4 is 9.80 Å². The first-order valence-electron chi connectivity index (χ1n) is 8.43. The molecule has 4 rings (SSSR count). The molecule has 0 saturated carbocycles. The topological polar surface area (TPSA) is 67.2 Å². The number of anilines is 2. The molecule has 1 atom stereocenters. The summed E-state index contributed by atoms with van der Waals surface area (Å²) in [5.41, 5.74) is 1.50. The summed E-state index contributed by atoms with van der Waals surface area (Å²) in [6.07, 6.45) is 6.50. The molecule has 4 heterocycles. The minimum absolute atomic E-state index is 0.222. The predicted molar refractivity (Wildman–Crippen MR) is 90.8 cm³/mol. The van der Waals surface area contributed by atoms with Crippen molar-refractivity contribution in [1.29, 1.82) is 0 Å². The second kappa shape index (κ2) is 5.58. The molecule has 0 unspecified atom stereocenters. The molecule has 126 valence electrons. The molecule has 1 spiro atoms. The normalized spacial score (nSPS) is 24.2. The molecule has 7 heteroatoms. The number of hydrogen-bond donors (Lipinski definition) is 0. The van der Waals surface area contributed by atoms with E-state index in [2.05, 4.69) is 20.2 Å². The van der Waals surface area contributed by atoms with E-state index in [1.54, 1.807) is 10.9 Å².